The minimum Gasteiger partial charge on any atom is -0.377 e. The van der Waals surface area contributed by atoms with Gasteiger partial charge in [0.05, 0.1) is 5.69 Å². The summed E-state index contributed by atoms with van der Waals surface area (Å²) in [5.74, 6) is 0.781. The van der Waals surface area contributed by atoms with Crippen molar-refractivity contribution in [3.05, 3.63) is 17.5 Å². The fraction of sp³-hybridized carbons (Fsp3) is 0.786. The SMILES string of the molecule is COCc1cc(CNC(C)CN2CCCCC2)no1. The topological polar surface area (TPSA) is 50.5 Å². The molecule has 0 aromatic carbocycles. The lowest BCUT2D eigenvalue weighted by Gasteiger charge is -2.29. The molecule has 1 aromatic heterocycles. The van der Waals surface area contributed by atoms with Gasteiger partial charge in [0.1, 0.15) is 6.61 Å². The number of rotatable bonds is 7. The molecule has 0 radical (unpaired) electrons. The molecule has 0 bridgehead atoms. The second-order valence-electron chi connectivity index (χ2n) is 5.36. The van der Waals surface area contributed by atoms with Crippen molar-refractivity contribution in [2.75, 3.05) is 26.7 Å². The maximum absolute atomic E-state index is 5.16. The third-order valence-corrected chi connectivity index (χ3v) is 3.51. The molecule has 0 aliphatic carbocycles. The van der Waals surface area contributed by atoms with Crippen LogP contribution in [0, 0.1) is 0 Å². The first-order valence-corrected chi connectivity index (χ1v) is 7.17. The van der Waals surface area contributed by atoms with E-state index in [9.17, 15) is 0 Å². The van der Waals surface area contributed by atoms with Crippen molar-refractivity contribution in [1.29, 1.82) is 0 Å². The smallest absolute Gasteiger partial charge is 0.162 e. The lowest BCUT2D eigenvalue weighted by molar-refractivity contribution is 0.155. The molecule has 1 aromatic rings. The molecule has 1 saturated heterocycles. The summed E-state index contributed by atoms with van der Waals surface area (Å²) in [6.45, 7) is 7.06. The molecule has 0 spiro atoms. The largest absolute Gasteiger partial charge is 0.377 e. The van der Waals surface area contributed by atoms with Gasteiger partial charge in [0, 0.05) is 32.3 Å². The number of hydrogen-bond donors (Lipinski definition) is 1. The Morgan fingerprint density at radius 3 is 2.95 bits per heavy atom. The summed E-state index contributed by atoms with van der Waals surface area (Å²) in [4.78, 5) is 2.54. The number of nitrogens with one attached hydrogen (secondary N) is 1. The Labute approximate surface area is 115 Å². The number of piperidine rings is 1. The Morgan fingerprint density at radius 1 is 1.42 bits per heavy atom. The summed E-state index contributed by atoms with van der Waals surface area (Å²) < 4.78 is 10.2. The molecule has 1 aliphatic rings. The van der Waals surface area contributed by atoms with Gasteiger partial charge in [-0.05, 0) is 32.9 Å². The van der Waals surface area contributed by atoms with Crippen LogP contribution in [-0.2, 0) is 17.9 Å². The average Bonchev–Trinajstić information content (AvgIpc) is 2.86. The zero-order chi connectivity index (χ0) is 13.5. The summed E-state index contributed by atoms with van der Waals surface area (Å²) in [6, 6.07) is 2.42. The summed E-state index contributed by atoms with van der Waals surface area (Å²) >= 11 is 0. The fourth-order valence-electron chi connectivity index (χ4n) is 2.52. The van der Waals surface area contributed by atoms with Crippen molar-refractivity contribution in [2.45, 2.75) is 45.4 Å². The molecule has 1 fully saturated rings. The van der Waals surface area contributed by atoms with Gasteiger partial charge in [-0.25, -0.2) is 0 Å². The minimum atomic E-state index is 0.473. The summed E-state index contributed by atoms with van der Waals surface area (Å²) in [6.07, 6.45) is 4.08. The van der Waals surface area contributed by atoms with Gasteiger partial charge in [0.15, 0.2) is 5.76 Å². The Balaban J connectivity index is 1.68. The second kappa shape index (κ2) is 7.62. The Kier molecular flexibility index (Phi) is 5.82. The van der Waals surface area contributed by atoms with Gasteiger partial charge in [0.25, 0.3) is 0 Å². The minimum absolute atomic E-state index is 0.473. The van der Waals surface area contributed by atoms with Crippen LogP contribution in [0.1, 0.15) is 37.6 Å². The van der Waals surface area contributed by atoms with E-state index in [2.05, 4.69) is 22.3 Å². The lowest BCUT2D eigenvalue weighted by Crippen LogP contribution is -2.41. The molecular weight excluding hydrogens is 242 g/mol. The number of nitrogens with zero attached hydrogens (tertiary/aromatic N) is 2. The number of methoxy groups -OCH3 is 1. The quantitative estimate of drug-likeness (QED) is 0.816. The van der Waals surface area contributed by atoms with Crippen LogP contribution in [-0.4, -0.2) is 42.8 Å². The molecule has 0 saturated carbocycles. The van der Waals surface area contributed by atoms with E-state index in [1.807, 2.05) is 6.07 Å². The molecule has 0 amide bonds. The van der Waals surface area contributed by atoms with Gasteiger partial charge in [-0.15, -0.1) is 0 Å². The number of hydrogen-bond acceptors (Lipinski definition) is 5. The Bertz CT molecular complexity index is 361. The highest BCUT2D eigenvalue weighted by Crippen LogP contribution is 2.09. The molecule has 2 rings (SSSR count). The molecule has 1 unspecified atom stereocenters. The summed E-state index contributed by atoms with van der Waals surface area (Å²) in [5, 5.41) is 7.52. The second-order valence-corrected chi connectivity index (χ2v) is 5.36. The van der Waals surface area contributed by atoms with E-state index in [0.717, 1.165) is 24.5 Å². The highest BCUT2D eigenvalue weighted by molar-refractivity contribution is 5.04. The zero-order valence-electron chi connectivity index (χ0n) is 12.0. The fourth-order valence-corrected chi connectivity index (χ4v) is 2.52. The van der Waals surface area contributed by atoms with Crippen molar-refractivity contribution in [2.24, 2.45) is 0 Å². The Hall–Kier alpha value is -0.910. The zero-order valence-corrected chi connectivity index (χ0v) is 12.0. The van der Waals surface area contributed by atoms with Crippen molar-refractivity contribution in [1.82, 2.24) is 15.4 Å². The van der Waals surface area contributed by atoms with E-state index in [0.29, 0.717) is 12.6 Å². The van der Waals surface area contributed by atoms with E-state index >= 15 is 0 Å². The molecule has 19 heavy (non-hydrogen) atoms. The van der Waals surface area contributed by atoms with Gasteiger partial charge in [-0.1, -0.05) is 11.6 Å². The number of ether oxygens (including phenoxy) is 1. The van der Waals surface area contributed by atoms with Gasteiger partial charge in [0.2, 0.25) is 0 Å². The molecule has 5 nitrogen and oxygen atoms in total. The molecule has 108 valence electrons. The normalized spacial score (nSPS) is 18.6. The lowest BCUT2D eigenvalue weighted by atomic mass is 10.1. The molecular formula is C14H25N3O2. The van der Waals surface area contributed by atoms with Crippen LogP contribution < -0.4 is 5.32 Å². The van der Waals surface area contributed by atoms with Gasteiger partial charge in [-0.3, -0.25) is 0 Å². The van der Waals surface area contributed by atoms with Crippen LogP contribution >= 0.6 is 0 Å². The third-order valence-electron chi connectivity index (χ3n) is 3.51. The summed E-state index contributed by atoms with van der Waals surface area (Å²) in [5.41, 5.74) is 0.942. The van der Waals surface area contributed by atoms with Gasteiger partial charge < -0.3 is 19.5 Å². The number of likely N-dealkylation sites (tertiary alicyclic amines) is 1. The van der Waals surface area contributed by atoms with E-state index in [-0.39, 0.29) is 0 Å². The highest BCUT2D eigenvalue weighted by Gasteiger charge is 2.13. The average molecular weight is 267 g/mol. The molecule has 1 atom stereocenters. The van der Waals surface area contributed by atoms with E-state index in [1.54, 1.807) is 7.11 Å². The van der Waals surface area contributed by atoms with Crippen molar-refractivity contribution in [3.8, 4) is 0 Å². The van der Waals surface area contributed by atoms with Crippen molar-refractivity contribution >= 4 is 0 Å². The van der Waals surface area contributed by atoms with Crippen molar-refractivity contribution in [3.63, 3.8) is 0 Å². The third kappa shape index (κ3) is 4.93. The van der Waals surface area contributed by atoms with Crippen LogP contribution in [0.4, 0.5) is 0 Å². The van der Waals surface area contributed by atoms with Gasteiger partial charge >= 0.3 is 0 Å². The summed E-state index contributed by atoms with van der Waals surface area (Å²) in [7, 11) is 1.65. The van der Waals surface area contributed by atoms with E-state index in [4.69, 9.17) is 9.26 Å². The van der Waals surface area contributed by atoms with Crippen LogP contribution in [0.25, 0.3) is 0 Å². The molecule has 5 heteroatoms. The van der Waals surface area contributed by atoms with Crippen molar-refractivity contribution < 1.29 is 9.26 Å². The molecule has 1 aliphatic heterocycles. The first kappa shape index (κ1) is 14.5. The maximum Gasteiger partial charge on any atom is 0.162 e. The first-order valence-electron chi connectivity index (χ1n) is 7.17. The standard InChI is InChI=1S/C14H25N3O2/c1-12(10-17-6-4-3-5-7-17)15-9-13-8-14(11-18-2)19-16-13/h8,12,15H,3-7,9-11H2,1-2H3. The Morgan fingerprint density at radius 2 is 2.21 bits per heavy atom. The maximum atomic E-state index is 5.16. The predicted molar refractivity (Wildman–Crippen MR) is 73.8 cm³/mol. The molecule has 2 heterocycles. The number of aromatic nitrogens is 1. The van der Waals surface area contributed by atoms with Crippen LogP contribution in [0.2, 0.25) is 0 Å². The van der Waals surface area contributed by atoms with E-state index < -0.39 is 0 Å². The van der Waals surface area contributed by atoms with E-state index in [1.165, 1.54) is 32.4 Å². The molecule has 1 N–H and O–H groups in total. The van der Waals surface area contributed by atoms with Crippen LogP contribution in [0.3, 0.4) is 0 Å². The predicted octanol–water partition coefficient (Wildman–Crippen LogP) is 1.78. The highest BCUT2D eigenvalue weighted by atomic mass is 16.5. The van der Waals surface area contributed by atoms with Crippen LogP contribution in [0.5, 0.6) is 0 Å². The monoisotopic (exact) mass is 267 g/mol. The first-order chi connectivity index (χ1) is 9.28. The van der Waals surface area contributed by atoms with Gasteiger partial charge in [-0.2, -0.15) is 0 Å². The van der Waals surface area contributed by atoms with Crippen LogP contribution in [0.15, 0.2) is 10.6 Å².